The van der Waals surface area contributed by atoms with Crippen LogP contribution in [0.3, 0.4) is 0 Å². The highest BCUT2D eigenvalue weighted by atomic mass is 127. The molecular weight excluding hydrogens is 395 g/mol. The van der Waals surface area contributed by atoms with E-state index in [9.17, 15) is 0 Å². The lowest BCUT2D eigenvalue weighted by atomic mass is 10.2. The van der Waals surface area contributed by atoms with Crippen LogP contribution in [0.15, 0.2) is 59.6 Å². The number of hydrogen-bond acceptors (Lipinski definition) is 1. The summed E-state index contributed by atoms with van der Waals surface area (Å²) in [6, 6.07) is 18.9. The van der Waals surface area contributed by atoms with Gasteiger partial charge in [-0.15, -0.1) is 0 Å². The van der Waals surface area contributed by atoms with Crippen molar-refractivity contribution in [3.63, 3.8) is 0 Å². The van der Waals surface area contributed by atoms with Crippen LogP contribution >= 0.6 is 22.6 Å². The zero-order chi connectivity index (χ0) is 16.4. The molecule has 3 heteroatoms. The van der Waals surface area contributed by atoms with E-state index in [2.05, 4.69) is 89.3 Å². The van der Waals surface area contributed by atoms with Crippen molar-refractivity contribution < 1.29 is 0 Å². The largest absolute Gasteiger partial charge is 0.318 e. The fourth-order valence-electron chi connectivity index (χ4n) is 2.78. The van der Waals surface area contributed by atoms with Gasteiger partial charge in [-0.3, -0.25) is 4.99 Å². The first kappa shape index (κ1) is 16.0. The summed E-state index contributed by atoms with van der Waals surface area (Å²) in [6.07, 6.45) is 1.96. The van der Waals surface area contributed by atoms with Crippen molar-refractivity contribution in [2.45, 2.75) is 20.8 Å². The van der Waals surface area contributed by atoms with Crippen LogP contribution < -0.4 is 0 Å². The average Bonchev–Trinajstić information content (AvgIpc) is 2.81. The fraction of sp³-hybridized carbons (Fsp3) is 0.150. The Balaban J connectivity index is 2.00. The van der Waals surface area contributed by atoms with Gasteiger partial charge in [0.15, 0.2) is 0 Å². The first-order chi connectivity index (χ1) is 11.1. The maximum atomic E-state index is 4.66. The maximum Gasteiger partial charge on any atom is 0.0763 e. The molecule has 23 heavy (non-hydrogen) atoms. The normalized spacial score (nSPS) is 11.3. The van der Waals surface area contributed by atoms with Gasteiger partial charge in [0.25, 0.3) is 0 Å². The van der Waals surface area contributed by atoms with E-state index in [1.165, 1.54) is 22.6 Å². The maximum absolute atomic E-state index is 4.66. The second-order valence-electron chi connectivity index (χ2n) is 5.71. The number of rotatable bonds is 3. The minimum atomic E-state index is 1.01. The number of para-hydroxylation sites is 1. The Bertz CT molecular complexity index is 875. The SMILES string of the molecule is Cc1cccc(-n2c(C)cc(C=Nc3ccccc3I)c2C)c1. The van der Waals surface area contributed by atoms with Crippen LogP contribution in [-0.4, -0.2) is 10.8 Å². The Morgan fingerprint density at radius 2 is 1.74 bits per heavy atom. The van der Waals surface area contributed by atoms with Gasteiger partial charge < -0.3 is 4.57 Å². The first-order valence-electron chi connectivity index (χ1n) is 7.61. The summed E-state index contributed by atoms with van der Waals surface area (Å²) in [7, 11) is 0. The summed E-state index contributed by atoms with van der Waals surface area (Å²) in [4.78, 5) is 4.66. The quantitative estimate of drug-likeness (QED) is 0.383. The molecule has 0 unspecified atom stereocenters. The number of benzene rings is 2. The van der Waals surface area contributed by atoms with E-state index in [-0.39, 0.29) is 0 Å². The van der Waals surface area contributed by atoms with Crippen molar-refractivity contribution in [3.8, 4) is 5.69 Å². The average molecular weight is 414 g/mol. The highest BCUT2D eigenvalue weighted by Crippen LogP contribution is 2.23. The van der Waals surface area contributed by atoms with E-state index in [4.69, 9.17) is 0 Å². The predicted molar refractivity (Wildman–Crippen MR) is 106 cm³/mol. The molecule has 0 aliphatic rings. The van der Waals surface area contributed by atoms with Crippen molar-refractivity contribution in [1.82, 2.24) is 4.57 Å². The third kappa shape index (κ3) is 3.39. The van der Waals surface area contributed by atoms with E-state index in [0.717, 1.165) is 14.8 Å². The molecule has 1 heterocycles. The minimum Gasteiger partial charge on any atom is -0.318 e. The Morgan fingerprint density at radius 1 is 0.957 bits per heavy atom. The number of aliphatic imine (C=N–C) groups is 1. The second kappa shape index (κ2) is 6.71. The van der Waals surface area contributed by atoms with Gasteiger partial charge in [-0.05, 0) is 79.3 Å². The van der Waals surface area contributed by atoms with Crippen molar-refractivity contribution >= 4 is 34.5 Å². The molecule has 3 aromatic rings. The third-order valence-electron chi connectivity index (χ3n) is 3.93. The summed E-state index contributed by atoms with van der Waals surface area (Å²) in [5.74, 6) is 0. The smallest absolute Gasteiger partial charge is 0.0763 e. The van der Waals surface area contributed by atoms with Gasteiger partial charge in [-0.2, -0.15) is 0 Å². The fourth-order valence-corrected chi connectivity index (χ4v) is 3.30. The molecule has 3 rings (SSSR count). The lowest BCUT2D eigenvalue weighted by Gasteiger charge is -2.10. The molecule has 0 spiro atoms. The van der Waals surface area contributed by atoms with E-state index >= 15 is 0 Å². The highest BCUT2D eigenvalue weighted by Gasteiger charge is 2.09. The van der Waals surface area contributed by atoms with Crippen LogP contribution in [0.2, 0.25) is 0 Å². The van der Waals surface area contributed by atoms with Gasteiger partial charge in [-0.1, -0.05) is 24.3 Å². The van der Waals surface area contributed by atoms with Gasteiger partial charge in [0, 0.05) is 32.4 Å². The van der Waals surface area contributed by atoms with Crippen molar-refractivity contribution in [2.75, 3.05) is 0 Å². The Kier molecular flexibility index (Phi) is 4.66. The van der Waals surface area contributed by atoms with Gasteiger partial charge in [0.05, 0.1) is 5.69 Å². The topological polar surface area (TPSA) is 17.3 Å². The van der Waals surface area contributed by atoms with Crippen LogP contribution in [-0.2, 0) is 0 Å². The Morgan fingerprint density at radius 3 is 2.48 bits per heavy atom. The van der Waals surface area contributed by atoms with Crippen molar-refractivity contribution in [2.24, 2.45) is 4.99 Å². The Labute approximate surface area is 151 Å². The van der Waals surface area contributed by atoms with Crippen LogP contribution in [0.25, 0.3) is 5.69 Å². The molecule has 0 saturated carbocycles. The molecule has 0 fully saturated rings. The molecule has 0 N–H and O–H groups in total. The second-order valence-corrected chi connectivity index (χ2v) is 6.87. The summed E-state index contributed by atoms with van der Waals surface area (Å²) < 4.78 is 3.44. The molecule has 0 aliphatic heterocycles. The van der Waals surface area contributed by atoms with E-state index in [1.54, 1.807) is 0 Å². The van der Waals surface area contributed by atoms with Crippen LogP contribution in [0.5, 0.6) is 0 Å². The molecule has 0 radical (unpaired) electrons. The number of aryl methyl sites for hydroxylation is 2. The van der Waals surface area contributed by atoms with Crippen LogP contribution in [0, 0.1) is 24.3 Å². The van der Waals surface area contributed by atoms with E-state index in [1.807, 2.05) is 24.4 Å². The molecule has 0 amide bonds. The minimum absolute atomic E-state index is 1.01. The molecule has 0 bridgehead atoms. The molecule has 116 valence electrons. The first-order valence-corrected chi connectivity index (χ1v) is 8.69. The number of halogens is 1. The standard InChI is InChI=1S/C20H19IN2/c1-14-7-6-8-18(11-14)23-15(2)12-17(16(23)3)13-22-20-10-5-4-9-19(20)21/h4-13H,1-3H3. The zero-order valence-corrected chi connectivity index (χ0v) is 15.7. The molecule has 2 aromatic carbocycles. The molecule has 0 atom stereocenters. The summed E-state index contributed by atoms with van der Waals surface area (Å²) >= 11 is 2.32. The molecule has 2 nitrogen and oxygen atoms in total. The van der Waals surface area contributed by atoms with Gasteiger partial charge >= 0.3 is 0 Å². The number of nitrogens with zero attached hydrogens (tertiary/aromatic N) is 2. The van der Waals surface area contributed by atoms with Gasteiger partial charge in [0.2, 0.25) is 0 Å². The Hall–Kier alpha value is -1.88. The predicted octanol–water partition coefficient (Wildman–Crippen LogP) is 5.76. The summed E-state index contributed by atoms with van der Waals surface area (Å²) in [5.41, 5.74) is 7.07. The van der Waals surface area contributed by atoms with Crippen molar-refractivity contribution in [3.05, 3.63) is 80.7 Å². The van der Waals surface area contributed by atoms with Crippen LogP contribution in [0.4, 0.5) is 5.69 Å². The van der Waals surface area contributed by atoms with E-state index in [0.29, 0.717) is 0 Å². The molecule has 1 aromatic heterocycles. The molecule has 0 aliphatic carbocycles. The van der Waals surface area contributed by atoms with Gasteiger partial charge in [-0.25, -0.2) is 0 Å². The summed E-state index contributed by atoms with van der Waals surface area (Å²) in [6.45, 7) is 6.41. The highest BCUT2D eigenvalue weighted by molar-refractivity contribution is 14.1. The van der Waals surface area contributed by atoms with Gasteiger partial charge in [0.1, 0.15) is 0 Å². The number of hydrogen-bond donors (Lipinski definition) is 0. The summed E-state index contributed by atoms with van der Waals surface area (Å²) in [5, 5.41) is 0. The lowest BCUT2D eigenvalue weighted by Crippen LogP contribution is -1.99. The monoisotopic (exact) mass is 414 g/mol. The number of aromatic nitrogens is 1. The molecular formula is C20H19IN2. The zero-order valence-electron chi connectivity index (χ0n) is 13.5. The molecule has 0 saturated heterocycles. The van der Waals surface area contributed by atoms with E-state index < -0.39 is 0 Å². The third-order valence-corrected chi connectivity index (χ3v) is 4.84. The van der Waals surface area contributed by atoms with Crippen molar-refractivity contribution in [1.29, 1.82) is 0 Å². The van der Waals surface area contributed by atoms with Crippen LogP contribution in [0.1, 0.15) is 22.5 Å². The lowest BCUT2D eigenvalue weighted by molar-refractivity contribution is 0.963.